The van der Waals surface area contributed by atoms with Crippen LogP contribution in [-0.2, 0) is 0 Å². The molecule has 0 aromatic heterocycles. The first-order chi connectivity index (χ1) is 10.9. The molecule has 2 N–H and O–H groups in total. The number of hydrogen-bond acceptors (Lipinski definition) is 4. The first-order valence-corrected chi connectivity index (χ1v) is 9.40. The minimum atomic E-state index is 0.602. The van der Waals surface area contributed by atoms with E-state index in [-0.39, 0.29) is 0 Å². The smallest absolute Gasteiger partial charge is 0.0496 e. The highest BCUT2D eigenvalue weighted by Gasteiger charge is 2.10. The van der Waals surface area contributed by atoms with Crippen LogP contribution in [0.1, 0.15) is 64.2 Å². The number of nitrogens with one attached hydrogen (secondary N) is 2. The maximum Gasteiger partial charge on any atom is 0.0496 e. The van der Waals surface area contributed by atoms with Crippen LogP contribution in [0.5, 0.6) is 0 Å². The largest absolute Gasteiger partial charge is 0.310 e. The van der Waals surface area contributed by atoms with E-state index in [0.29, 0.717) is 12.1 Å². The monoisotopic (exact) mass is 306 g/mol. The summed E-state index contributed by atoms with van der Waals surface area (Å²) >= 11 is 0. The summed E-state index contributed by atoms with van der Waals surface area (Å²) in [6.45, 7) is 3.78. The minimum absolute atomic E-state index is 0.602. The van der Waals surface area contributed by atoms with Crippen LogP contribution in [-0.4, -0.2) is 50.7 Å². The van der Waals surface area contributed by atoms with Gasteiger partial charge >= 0.3 is 0 Å². The van der Waals surface area contributed by atoms with Crippen molar-refractivity contribution < 1.29 is 0 Å². The fourth-order valence-electron chi connectivity index (χ4n) is 3.37. The Labute approximate surface area is 136 Å². The third-order valence-electron chi connectivity index (χ3n) is 4.73. The van der Waals surface area contributed by atoms with Crippen molar-refractivity contribution in [3.63, 3.8) is 0 Å². The average molecular weight is 306 g/mol. The first-order valence-electron chi connectivity index (χ1n) is 9.40. The maximum absolute atomic E-state index is 4.65. The molecule has 0 aliphatic heterocycles. The molecule has 0 atom stereocenters. The molecule has 0 spiro atoms. The standard InChI is InChI=1S/C18H34N4/c1-3-7-17(8-4-1)21-15-13-19-11-12-20-14-16-22-18-9-5-2-6-10-18/h15-20H,1-14H2. The van der Waals surface area contributed by atoms with E-state index in [9.17, 15) is 0 Å². The fraction of sp³-hybridized carbons (Fsp3) is 0.889. The number of hydrogen-bond donors (Lipinski definition) is 2. The molecule has 126 valence electrons. The molecule has 4 heteroatoms. The summed E-state index contributed by atoms with van der Waals surface area (Å²) in [5.74, 6) is 0. The van der Waals surface area contributed by atoms with Crippen LogP contribution in [0.4, 0.5) is 0 Å². The van der Waals surface area contributed by atoms with Gasteiger partial charge in [-0.2, -0.15) is 0 Å². The molecular formula is C18H34N4. The van der Waals surface area contributed by atoms with Crippen LogP contribution in [0.3, 0.4) is 0 Å². The second-order valence-corrected chi connectivity index (χ2v) is 6.66. The highest BCUT2D eigenvalue weighted by molar-refractivity contribution is 5.60. The quantitative estimate of drug-likeness (QED) is 0.508. The second-order valence-electron chi connectivity index (χ2n) is 6.66. The third kappa shape index (κ3) is 8.04. The summed E-state index contributed by atoms with van der Waals surface area (Å²) in [6.07, 6.45) is 17.6. The van der Waals surface area contributed by atoms with Gasteiger partial charge in [-0.15, -0.1) is 0 Å². The molecule has 0 aromatic rings. The molecule has 22 heavy (non-hydrogen) atoms. The Hall–Kier alpha value is -0.740. The Kier molecular flexibility index (Phi) is 9.43. The van der Waals surface area contributed by atoms with E-state index in [0.717, 1.165) is 26.2 Å². The van der Waals surface area contributed by atoms with E-state index < -0.39 is 0 Å². The van der Waals surface area contributed by atoms with Crippen molar-refractivity contribution in [3.05, 3.63) is 0 Å². The lowest BCUT2D eigenvalue weighted by atomic mass is 9.96. The summed E-state index contributed by atoms with van der Waals surface area (Å²) in [6, 6.07) is 1.20. The first kappa shape index (κ1) is 17.6. The van der Waals surface area contributed by atoms with Gasteiger partial charge < -0.3 is 10.6 Å². The zero-order chi connectivity index (χ0) is 15.3. The molecule has 0 amide bonds. The van der Waals surface area contributed by atoms with E-state index in [1.54, 1.807) is 0 Å². The van der Waals surface area contributed by atoms with E-state index >= 15 is 0 Å². The molecule has 0 radical (unpaired) electrons. The predicted molar refractivity (Wildman–Crippen MR) is 96.5 cm³/mol. The summed E-state index contributed by atoms with van der Waals surface area (Å²) in [7, 11) is 0. The van der Waals surface area contributed by atoms with Gasteiger partial charge in [0.25, 0.3) is 0 Å². The lowest BCUT2D eigenvalue weighted by Crippen LogP contribution is -2.29. The van der Waals surface area contributed by atoms with Crippen molar-refractivity contribution in [3.8, 4) is 0 Å². The van der Waals surface area contributed by atoms with Gasteiger partial charge in [0.2, 0.25) is 0 Å². The summed E-state index contributed by atoms with van der Waals surface area (Å²) < 4.78 is 0. The van der Waals surface area contributed by atoms with Gasteiger partial charge in [-0.25, -0.2) is 0 Å². The normalized spacial score (nSPS) is 22.0. The van der Waals surface area contributed by atoms with Gasteiger partial charge in [0.1, 0.15) is 0 Å². The van der Waals surface area contributed by atoms with E-state index in [4.69, 9.17) is 0 Å². The highest BCUT2D eigenvalue weighted by atomic mass is 15.0. The third-order valence-corrected chi connectivity index (χ3v) is 4.73. The molecular weight excluding hydrogens is 272 g/mol. The fourth-order valence-corrected chi connectivity index (χ4v) is 3.37. The molecule has 0 heterocycles. The van der Waals surface area contributed by atoms with Crippen molar-refractivity contribution in [1.29, 1.82) is 0 Å². The van der Waals surface area contributed by atoms with Crippen LogP contribution in [0.15, 0.2) is 9.98 Å². The second kappa shape index (κ2) is 11.8. The molecule has 2 saturated carbocycles. The van der Waals surface area contributed by atoms with E-state index in [1.165, 1.54) is 64.2 Å². The summed E-state index contributed by atoms with van der Waals surface area (Å²) in [5, 5.41) is 6.82. The van der Waals surface area contributed by atoms with Crippen molar-refractivity contribution in [2.45, 2.75) is 76.3 Å². The Morgan fingerprint density at radius 3 is 1.45 bits per heavy atom. The molecule has 2 fully saturated rings. The lowest BCUT2D eigenvalue weighted by molar-refractivity contribution is 0.443. The zero-order valence-corrected chi connectivity index (χ0v) is 14.1. The summed E-state index contributed by atoms with van der Waals surface area (Å²) in [4.78, 5) is 9.31. The van der Waals surface area contributed by atoms with Gasteiger partial charge in [0.05, 0.1) is 0 Å². The molecule has 0 unspecified atom stereocenters. The molecule has 2 aliphatic carbocycles. The molecule has 2 aliphatic rings. The highest BCUT2D eigenvalue weighted by Crippen LogP contribution is 2.20. The lowest BCUT2D eigenvalue weighted by Gasteiger charge is -2.17. The number of aliphatic imine (C=N–C) groups is 2. The van der Waals surface area contributed by atoms with Crippen LogP contribution in [0.25, 0.3) is 0 Å². The molecule has 4 nitrogen and oxygen atoms in total. The SMILES string of the molecule is C(CNCCNCC=NC1CCCCC1)=NC1CCCCC1. The van der Waals surface area contributed by atoms with Gasteiger partial charge in [-0.05, 0) is 25.7 Å². The van der Waals surface area contributed by atoms with Crippen LogP contribution < -0.4 is 10.6 Å². The Morgan fingerprint density at radius 1 is 0.636 bits per heavy atom. The average Bonchev–Trinajstić information content (AvgIpc) is 2.58. The van der Waals surface area contributed by atoms with E-state index in [2.05, 4.69) is 33.0 Å². The Morgan fingerprint density at radius 2 is 1.05 bits per heavy atom. The van der Waals surface area contributed by atoms with Crippen LogP contribution >= 0.6 is 0 Å². The van der Waals surface area contributed by atoms with Crippen molar-refractivity contribution in [1.82, 2.24) is 10.6 Å². The minimum Gasteiger partial charge on any atom is -0.310 e. The number of nitrogens with zero attached hydrogens (tertiary/aromatic N) is 2. The van der Waals surface area contributed by atoms with Crippen molar-refractivity contribution in [2.24, 2.45) is 9.98 Å². The maximum atomic E-state index is 4.65. The Bertz CT molecular complexity index is 283. The van der Waals surface area contributed by atoms with Gasteiger partial charge in [0, 0.05) is 50.7 Å². The summed E-state index contributed by atoms with van der Waals surface area (Å²) in [5.41, 5.74) is 0. The van der Waals surface area contributed by atoms with Gasteiger partial charge in [-0.1, -0.05) is 38.5 Å². The van der Waals surface area contributed by atoms with E-state index in [1.807, 2.05) is 0 Å². The van der Waals surface area contributed by atoms with Crippen molar-refractivity contribution >= 4 is 12.4 Å². The van der Waals surface area contributed by atoms with Crippen LogP contribution in [0, 0.1) is 0 Å². The molecule has 2 rings (SSSR count). The Balaban J connectivity index is 1.37. The zero-order valence-electron chi connectivity index (χ0n) is 14.1. The molecule has 0 bridgehead atoms. The van der Waals surface area contributed by atoms with Gasteiger partial charge in [0.15, 0.2) is 0 Å². The van der Waals surface area contributed by atoms with Crippen LogP contribution in [0.2, 0.25) is 0 Å². The molecule has 0 saturated heterocycles. The van der Waals surface area contributed by atoms with Crippen molar-refractivity contribution in [2.75, 3.05) is 26.2 Å². The predicted octanol–water partition coefficient (Wildman–Crippen LogP) is 2.97. The van der Waals surface area contributed by atoms with Gasteiger partial charge in [-0.3, -0.25) is 9.98 Å². The molecule has 0 aromatic carbocycles. The number of rotatable bonds is 9. The topological polar surface area (TPSA) is 48.8 Å².